The molecule has 7 heteroatoms. The van der Waals surface area contributed by atoms with Gasteiger partial charge in [0.05, 0.1) is 33.4 Å². The van der Waals surface area contributed by atoms with Crippen LogP contribution in [0.3, 0.4) is 0 Å². The molecule has 210 valence electrons. The molecule has 0 fully saturated rings. The smallest absolute Gasteiger partial charge is 0.273 e. The van der Waals surface area contributed by atoms with E-state index in [1.165, 1.54) is 26.2 Å². The van der Waals surface area contributed by atoms with E-state index in [-0.39, 0.29) is 4.90 Å². The van der Waals surface area contributed by atoms with Crippen molar-refractivity contribution in [2.45, 2.75) is 4.90 Å². The number of imidazole rings is 1. The third-order valence-corrected chi connectivity index (χ3v) is 10.2. The van der Waals surface area contributed by atoms with Crippen molar-refractivity contribution < 1.29 is 8.42 Å². The van der Waals surface area contributed by atoms with E-state index in [2.05, 4.69) is 83.4 Å². The molecular formula is C37H24N4O2S. The topological polar surface area (TPSA) is 60.1 Å². The van der Waals surface area contributed by atoms with Gasteiger partial charge in [-0.1, -0.05) is 84.9 Å². The zero-order valence-corrected chi connectivity index (χ0v) is 24.2. The molecule has 1 aliphatic heterocycles. The maximum Gasteiger partial charge on any atom is 0.273 e. The maximum atomic E-state index is 14.0. The number of hydrogen-bond donors (Lipinski definition) is 0. The Bertz CT molecular complexity index is 2520. The SMILES string of the molecule is O=S1(=O)c2ccccc2-n2c(nc3cc(-n4c5ccccc5c5cc(-c6ccccc6)ccc54)ccc32)N1c1ccccc1. The van der Waals surface area contributed by atoms with Crippen LogP contribution in [0.15, 0.2) is 150 Å². The zero-order chi connectivity index (χ0) is 29.4. The molecule has 44 heavy (non-hydrogen) atoms. The number of benzene rings is 6. The number of anilines is 2. The summed E-state index contributed by atoms with van der Waals surface area (Å²) in [5.41, 5.74) is 8.15. The molecule has 0 bridgehead atoms. The first-order valence-corrected chi connectivity index (χ1v) is 15.8. The molecule has 9 rings (SSSR count). The van der Waals surface area contributed by atoms with Gasteiger partial charge in [0.15, 0.2) is 0 Å². The van der Waals surface area contributed by atoms with E-state index < -0.39 is 10.0 Å². The van der Waals surface area contributed by atoms with Crippen LogP contribution in [0.5, 0.6) is 0 Å². The van der Waals surface area contributed by atoms with Crippen molar-refractivity contribution >= 4 is 54.5 Å². The Morgan fingerprint density at radius 3 is 2.02 bits per heavy atom. The molecule has 2 aromatic heterocycles. The van der Waals surface area contributed by atoms with E-state index in [0.717, 1.165) is 22.2 Å². The van der Waals surface area contributed by atoms with Gasteiger partial charge in [-0.05, 0) is 71.8 Å². The Balaban J connectivity index is 1.29. The van der Waals surface area contributed by atoms with Crippen LogP contribution in [0.25, 0.3) is 55.3 Å². The van der Waals surface area contributed by atoms with Crippen molar-refractivity contribution in [3.8, 4) is 22.5 Å². The van der Waals surface area contributed by atoms with E-state index in [1.807, 2.05) is 47.0 Å². The molecular weight excluding hydrogens is 565 g/mol. The number of sulfonamides is 1. The summed E-state index contributed by atoms with van der Waals surface area (Å²) in [5.74, 6) is 0.344. The summed E-state index contributed by atoms with van der Waals surface area (Å²) in [7, 11) is -3.89. The van der Waals surface area contributed by atoms with Gasteiger partial charge in [-0.25, -0.2) is 17.7 Å². The Morgan fingerprint density at radius 1 is 0.500 bits per heavy atom. The summed E-state index contributed by atoms with van der Waals surface area (Å²) in [6.07, 6.45) is 0. The third-order valence-electron chi connectivity index (χ3n) is 8.46. The minimum absolute atomic E-state index is 0.247. The first-order chi connectivity index (χ1) is 21.6. The normalized spacial score (nSPS) is 13.8. The van der Waals surface area contributed by atoms with E-state index in [4.69, 9.17) is 4.98 Å². The second-order valence-electron chi connectivity index (χ2n) is 10.9. The van der Waals surface area contributed by atoms with Gasteiger partial charge in [0, 0.05) is 16.5 Å². The van der Waals surface area contributed by atoms with E-state index >= 15 is 0 Å². The van der Waals surface area contributed by atoms with Gasteiger partial charge in [0.25, 0.3) is 10.0 Å². The first kappa shape index (κ1) is 24.9. The van der Waals surface area contributed by atoms with E-state index in [0.29, 0.717) is 22.8 Å². The second-order valence-corrected chi connectivity index (χ2v) is 12.7. The number of para-hydroxylation sites is 3. The van der Waals surface area contributed by atoms with Gasteiger partial charge in [-0.15, -0.1) is 0 Å². The Kier molecular flexibility index (Phi) is 5.19. The third kappa shape index (κ3) is 3.47. The Labute approximate surface area is 253 Å². The summed E-state index contributed by atoms with van der Waals surface area (Å²) < 4.78 is 33.5. The van der Waals surface area contributed by atoms with Crippen molar-refractivity contribution in [2.24, 2.45) is 0 Å². The largest absolute Gasteiger partial charge is 0.309 e. The summed E-state index contributed by atoms with van der Waals surface area (Å²) >= 11 is 0. The average Bonchev–Trinajstić information content (AvgIpc) is 3.60. The molecule has 0 amide bonds. The highest BCUT2D eigenvalue weighted by Crippen LogP contribution is 2.43. The summed E-state index contributed by atoms with van der Waals surface area (Å²) in [5, 5.41) is 2.33. The van der Waals surface area contributed by atoms with Gasteiger partial charge < -0.3 is 4.57 Å². The lowest BCUT2D eigenvalue weighted by Gasteiger charge is -2.30. The molecule has 0 saturated carbocycles. The average molecular weight is 589 g/mol. The fraction of sp³-hybridized carbons (Fsp3) is 0. The number of rotatable bonds is 3. The molecule has 0 saturated heterocycles. The lowest BCUT2D eigenvalue weighted by atomic mass is 10.0. The van der Waals surface area contributed by atoms with Crippen molar-refractivity contribution in [3.63, 3.8) is 0 Å². The maximum absolute atomic E-state index is 14.0. The molecule has 8 aromatic rings. The molecule has 0 spiro atoms. The van der Waals surface area contributed by atoms with Crippen molar-refractivity contribution in [1.82, 2.24) is 14.1 Å². The van der Waals surface area contributed by atoms with Gasteiger partial charge in [-0.3, -0.25) is 4.57 Å². The van der Waals surface area contributed by atoms with Crippen LogP contribution >= 0.6 is 0 Å². The molecule has 3 heterocycles. The minimum atomic E-state index is -3.89. The molecule has 6 nitrogen and oxygen atoms in total. The molecule has 0 unspecified atom stereocenters. The minimum Gasteiger partial charge on any atom is -0.309 e. The summed E-state index contributed by atoms with van der Waals surface area (Å²) in [6.45, 7) is 0. The van der Waals surface area contributed by atoms with E-state index in [1.54, 1.807) is 24.3 Å². The molecule has 0 aliphatic carbocycles. The zero-order valence-electron chi connectivity index (χ0n) is 23.4. The number of nitrogens with zero attached hydrogens (tertiary/aromatic N) is 4. The number of fused-ring (bicyclic) bond motifs is 8. The van der Waals surface area contributed by atoms with Gasteiger partial charge in [0.1, 0.15) is 4.90 Å². The Morgan fingerprint density at radius 2 is 1.18 bits per heavy atom. The molecule has 0 N–H and O–H groups in total. The molecule has 0 atom stereocenters. The van der Waals surface area contributed by atoms with Crippen LogP contribution in [0.1, 0.15) is 0 Å². The quantitative estimate of drug-likeness (QED) is 0.208. The molecule has 1 aliphatic rings. The number of hydrogen-bond acceptors (Lipinski definition) is 3. The van der Waals surface area contributed by atoms with Crippen LogP contribution in [-0.4, -0.2) is 22.5 Å². The standard InChI is InChI=1S/C37H24N4O2S/c42-44(43)36-18-10-9-17-35(36)40-34-22-20-28(24-31(34)38-37(40)41(44)27-13-5-2-6-14-27)39-32-16-8-7-15-29(32)30-23-26(19-21-33(30)39)25-11-3-1-4-12-25/h1-24H. The van der Waals surface area contributed by atoms with E-state index in [9.17, 15) is 8.42 Å². The van der Waals surface area contributed by atoms with Crippen molar-refractivity contribution in [2.75, 3.05) is 4.31 Å². The predicted octanol–water partition coefficient (Wildman–Crippen LogP) is 8.63. The fourth-order valence-corrected chi connectivity index (χ4v) is 8.12. The summed E-state index contributed by atoms with van der Waals surface area (Å²) in [6, 6.07) is 47.9. The lowest BCUT2D eigenvalue weighted by molar-refractivity contribution is 0.592. The van der Waals surface area contributed by atoms with Gasteiger partial charge in [0.2, 0.25) is 5.95 Å². The van der Waals surface area contributed by atoms with Crippen molar-refractivity contribution in [3.05, 3.63) is 146 Å². The van der Waals surface area contributed by atoms with Crippen molar-refractivity contribution in [1.29, 1.82) is 0 Å². The van der Waals surface area contributed by atoms with Crippen LogP contribution in [0.4, 0.5) is 11.6 Å². The second kappa shape index (κ2) is 9.17. The highest BCUT2D eigenvalue weighted by atomic mass is 32.2. The predicted molar refractivity (Wildman–Crippen MR) is 177 cm³/mol. The van der Waals surface area contributed by atoms with Crippen LogP contribution in [0.2, 0.25) is 0 Å². The van der Waals surface area contributed by atoms with Crippen LogP contribution in [-0.2, 0) is 10.0 Å². The van der Waals surface area contributed by atoms with Crippen LogP contribution in [0, 0.1) is 0 Å². The number of aromatic nitrogens is 3. The Hall–Kier alpha value is -5.66. The highest BCUT2D eigenvalue weighted by Gasteiger charge is 2.38. The van der Waals surface area contributed by atoms with Gasteiger partial charge >= 0.3 is 0 Å². The van der Waals surface area contributed by atoms with Crippen LogP contribution < -0.4 is 4.31 Å². The van der Waals surface area contributed by atoms with Gasteiger partial charge in [-0.2, -0.15) is 0 Å². The monoisotopic (exact) mass is 588 g/mol. The molecule has 6 aromatic carbocycles. The highest BCUT2D eigenvalue weighted by molar-refractivity contribution is 7.93. The first-order valence-electron chi connectivity index (χ1n) is 14.4. The lowest BCUT2D eigenvalue weighted by Crippen LogP contribution is -2.33. The molecule has 0 radical (unpaired) electrons. The fourth-order valence-electron chi connectivity index (χ4n) is 6.51. The summed E-state index contributed by atoms with van der Waals surface area (Å²) in [4.78, 5) is 5.23.